The number of anilines is 1. The van der Waals surface area contributed by atoms with Gasteiger partial charge in [-0.25, -0.2) is 4.68 Å². The first-order chi connectivity index (χ1) is 13.4. The quantitative estimate of drug-likeness (QED) is 0.491. The van der Waals surface area contributed by atoms with Crippen molar-refractivity contribution in [1.29, 1.82) is 0 Å². The molecule has 0 unspecified atom stereocenters. The number of thioether (sulfide) groups is 1. The third-order valence-electron chi connectivity index (χ3n) is 4.46. The molecule has 1 aliphatic heterocycles. The van der Waals surface area contributed by atoms with E-state index in [0.717, 1.165) is 28.3 Å². The van der Waals surface area contributed by atoms with Crippen LogP contribution in [0.25, 0.3) is 5.69 Å². The van der Waals surface area contributed by atoms with Gasteiger partial charge in [0.05, 0.1) is 16.3 Å². The molecule has 2 heterocycles. The third-order valence-corrected chi connectivity index (χ3v) is 5.67. The monoisotopic (exact) mass is 414 g/mol. The van der Waals surface area contributed by atoms with E-state index < -0.39 is 10.8 Å². The third kappa shape index (κ3) is 3.36. The molecule has 1 N–H and O–H groups in total. The highest BCUT2D eigenvalue weighted by molar-refractivity contribution is 7.98. The Morgan fingerprint density at radius 1 is 1.25 bits per heavy atom. The molecule has 7 nitrogen and oxygen atoms in total. The molecule has 1 amide bonds. The largest absolute Gasteiger partial charge is 0.306 e. The number of benzene rings is 2. The van der Waals surface area contributed by atoms with Crippen molar-refractivity contribution in [3.8, 4) is 5.69 Å². The molecule has 142 valence electrons. The summed E-state index contributed by atoms with van der Waals surface area (Å²) in [4.78, 5) is 23.6. The van der Waals surface area contributed by atoms with Crippen LogP contribution in [-0.2, 0) is 11.5 Å². The number of amides is 1. The van der Waals surface area contributed by atoms with E-state index >= 15 is 0 Å². The van der Waals surface area contributed by atoms with Crippen LogP contribution in [0.15, 0.2) is 42.5 Å². The molecule has 2 aromatic carbocycles. The molecule has 9 heteroatoms. The smallest absolute Gasteiger partial charge is 0.282 e. The molecule has 4 rings (SSSR count). The predicted molar refractivity (Wildman–Crippen MR) is 109 cm³/mol. The SMILES string of the molecule is Cc1ccc(-n2nc3c(c2NC(=O)c2cc(Cl)ccc2[N+](=O)[O-])CSC3)cc1. The maximum absolute atomic E-state index is 12.9. The Morgan fingerprint density at radius 3 is 2.71 bits per heavy atom. The van der Waals surface area contributed by atoms with Crippen LogP contribution in [0.1, 0.15) is 27.2 Å². The number of fused-ring (bicyclic) bond motifs is 1. The fraction of sp³-hybridized carbons (Fsp3) is 0.158. The van der Waals surface area contributed by atoms with E-state index in [1.807, 2.05) is 31.2 Å². The van der Waals surface area contributed by atoms with Crippen molar-refractivity contribution in [1.82, 2.24) is 9.78 Å². The zero-order valence-electron chi connectivity index (χ0n) is 14.8. The summed E-state index contributed by atoms with van der Waals surface area (Å²) in [6, 6.07) is 11.7. The van der Waals surface area contributed by atoms with Crippen molar-refractivity contribution in [2.45, 2.75) is 18.4 Å². The summed E-state index contributed by atoms with van der Waals surface area (Å²) < 4.78 is 1.68. The van der Waals surface area contributed by atoms with Gasteiger partial charge in [0.25, 0.3) is 11.6 Å². The number of carbonyl (C=O) groups excluding carboxylic acids is 1. The topological polar surface area (TPSA) is 90.1 Å². The second-order valence-electron chi connectivity index (χ2n) is 6.39. The zero-order chi connectivity index (χ0) is 19.8. The van der Waals surface area contributed by atoms with Gasteiger partial charge in [-0.05, 0) is 31.2 Å². The van der Waals surface area contributed by atoms with E-state index in [1.54, 1.807) is 16.4 Å². The first kappa shape index (κ1) is 18.5. The van der Waals surface area contributed by atoms with Gasteiger partial charge in [0.1, 0.15) is 11.4 Å². The van der Waals surface area contributed by atoms with Gasteiger partial charge in [0.2, 0.25) is 0 Å². The normalized spacial score (nSPS) is 12.6. The number of hydrogen-bond acceptors (Lipinski definition) is 5. The average Bonchev–Trinajstić information content (AvgIpc) is 3.24. The Labute approximate surface area is 169 Å². The summed E-state index contributed by atoms with van der Waals surface area (Å²) in [5, 5.41) is 19.0. The van der Waals surface area contributed by atoms with Crippen LogP contribution in [0.2, 0.25) is 5.02 Å². The number of aryl methyl sites for hydroxylation is 1. The number of carbonyl (C=O) groups is 1. The summed E-state index contributed by atoms with van der Waals surface area (Å²) in [5.41, 5.74) is 3.37. The van der Waals surface area contributed by atoms with Crippen LogP contribution in [0.3, 0.4) is 0 Å². The second kappa shape index (κ2) is 7.29. The van der Waals surface area contributed by atoms with Crippen LogP contribution < -0.4 is 5.32 Å². The number of hydrogen-bond donors (Lipinski definition) is 1. The van der Waals surface area contributed by atoms with Crippen LogP contribution in [0.5, 0.6) is 0 Å². The molecule has 0 saturated carbocycles. The number of nitrogens with zero attached hydrogens (tertiary/aromatic N) is 3. The summed E-state index contributed by atoms with van der Waals surface area (Å²) in [6.07, 6.45) is 0. The highest BCUT2D eigenvalue weighted by Crippen LogP contribution is 2.36. The lowest BCUT2D eigenvalue weighted by Crippen LogP contribution is -2.17. The Hall–Kier alpha value is -2.84. The minimum absolute atomic E-state index is 0.0893. The minimum Gasteiger partial charge on any atom is -0.306 e. The number of rotatable bonds is 4. The first-order valence-electron chi connectivity index (χ1n) is 8.45. The van der Waals surface area contributed by atoms with Gasteiger partial charge < -0.3 is 5.32 Å². The summed E-state index contributed by atoms with van der Waals surface area (Å²) in [6.45, 7) is 1.99. The van der Waals surface area contributed by atoms with Crippen molar-refractivity contribution in [2.75, 3.05) is 5.32 Å². The fourth-order valence-corrected chi connectivity index (χ4v) is 4.25. The summed E-state index contributed by atoms with van der Waals surface area (Å²) >= 11 is 7.67. The Morgan fingerprint density at radius 2 is 2.00 bits per heavy atom. The molecular formula is C19H15ClN4O3S. The van der Waals surface area contributed by atoms with Crippen LogP contribution in [0.4, 0.5) is 11.5 Å². The first-order valence-corrected chi connectivity index (χ1v) is 9.98. The van der Waals surface area contributed by atoms with E-state index in [2.05, 4.69) is 10.4 Å². The Kier molecular flexibility index (Phi) is 4.82. The Balaban J connectivity index is 1.76. The second-order valence-corrected chi connectivity index (χ2v) is 7.81. The van der Waals surface area contributed by atoms with Crippen LogP contribution in [-0.4, -0.2) is 20.6 Å². The van der Waals surface area contributed by atoms with Gasteiger partial charge in [-0.2, -0.15) is 16.9 Å². The van der Waals surface area contributed by atoms with Gasteiger partial charge in [0, 0.05) is 28.2 Å². The zero-order valence-corrected chi connectivity index (χ0v) is 16.4. The number of nitro groups is 1. The predicted octanol–water partition coefficient (Wildman–Crippen LogP) is 4.74. The number of aromatic nitrogens is 2. The Bertz CT molecular complexity index is 1100. The molecule has 0 spiro atoms. The van der Waals surface area contributed by atoms with Gasteiger partial charge in [-0.3, -0.25) is 14.9 Å². The van der Waals surface area contributed by atoms with Crippen LogP contribution >= 0.6 is 23.4 Å². The average molecular weight is 415 g/mol. The molecule has 0 atom stereocenters. The molecular weight excluding hydrogens is 400 g/mol. The summed E-state index contributed by atoms with van der Waals surface area (Å²) in [5.74, 6) is 1.41. The van der Waals surface area contributed by atoms with Crippen molar-refractivity contribution in [3.05, 3.63) is 80.0 Å². The molecule has 0 radical (unpaired) electrons. The van der Waals surface area contributed by atoms with E-state index in [9.17, 15) is 14.9 Å². The van der Waals surface area contributed by atoms with Gasteiger partial charge in [-0.1, -0.05) is 29.3 Å². The lowest BCUT2D eigenvalue weighted by Gasteiger charge is -2.11. The van der Waals surface area contributed by atoms with Gasteiger partial charge >= 0.3 is 0 Å². The van der Waals surface area contributed by atoms with Crippen molar-refractivity contribution in [3.63, 3.8) is 0 Å². The maximum Gasteiger partial charge on any atom is 0.282 e. The molecule has 1 aliphatic rings. The highest BCUT2D eigenvalue weighted by atomic mass is 35.5. The number of halogens is 1. The molecule has 0 fully saturated rings. The van der Waals surface area contributed by atoms with Crippen molar-refractivity contribution < 1.29 is 9.72 Å². The fourth-order valence-electron chi connectivity index (χ4n) is 3.04. The number of nitrogens with one attached hydrogen (secondary N) is 1. The van der Waals surface area contributed by atoms with Gasteiger partial charge in [-0.15, -0.1) is 0 Å². The van der Waals surface area contributed by atoms with Crippen molar-refractivity contribution >= 4 is 40.8 Å². The molecule has 1 aromatic heterocycles. The van der Waals surface area contributed by atoms with Gasteiger partial charge in [0.15, 0.2) is 0 Å². The standard InChI is InChI=1S/C19H15ClN4O3S/c1-11-2-5-13(6-3-11)23-18(15-9-28-10-16(15)22-23)21-19(25)14-8-12(20)4-7-17(14)24(26)27/h2-8H,9-10H2,1H3,(H,21,25). The maximum atomic E-state index is 12.9. The molecule has 0 bridgehead atoms. The summed E-state index contributed by atoms with van der Waals surface area (Å²) in [7, 11) is 0. The molecule has 28 heavy (non-hydrogen) atoms. The highest BCUT2D eigenvalue weighted by Gasteiger charge is 2.27. The van der Waals surface area contributed by atoms with Crippen LogP contribution in [0, 0.1) is 17.0 Å². The molecule has 0 saturated heterocycles. The molecule has 3 aromatic rings. The van der Waals surface area contributed by atoms with E-state index in [4.69, 9.17) is 11.6 Å². The van der Waals surface area contributed by atoms with E-state index in [0.29, 0.717) is 11.6 Å². The lowest BCUT2D eigenvalue weighted by molar-refractivity contribution is -0.385. The van der Waals surface area contributed by atoms with E-state index in [-0.39, 0.29) is 16.3 Å². The molecule has 0 aliphatic carbocycles. The lowest BCUT2D eigenvalue weighted by atomic mass is 10.1. The minimum atomic E-state index is -0.595. The van der Waals surface area contributed by atoms with E-state index in [1.165, 1.54) is 18.2 Å². The number of nitro benzene ring substituents is 1. The van der Waals surface area contributed by atoms with Crippen molar-refractivity contribution in [2.24, 2.45) is 0 Å².